The number of hydrogen-bond acceptors (Lipinski definition) is 5. The summed E-state index contributed by atoms with van der Waals surface area (Å²) in [5.41, 5.74) is -0.114. The lowest BCUT2D eigenvalue weighted by Gasteiger charge is -2.33. The zero-order valence-electron chi connectivity index (χ0n) is 13.5. The summed E-state index contributed by atoms with van der Waals surface area (Å²) < 4.78 is 11.3. The minimum Gasteiger partial charge on any atom is -0.368 e. The summed E-state index contributed by atoms with van der Waals surface area (Å²) in [6.07, 6.45) is 1.25. The van der Waals surface area contributed by atoms with E-state index in [9.17, 15) is 4.79 Å². The predicted octanol–water partition coefficient (Wildman–Crippen LogP) is 1.18. The van der Waals surface area contributed by atoms with Gasteiger partial charge >= 0.3 is 0 Å². The van der Waals surface area contributed by atoms with E-state index in [2.05, 4.69) is 36.0 Å². The molecule has 3 heterocycles. The molecule has 0 radical (unpaired) electrons. The summed E-state index contributed by atoms with van der Waals surface area (Å²) in [5, 5.41) is 7.22. The highest BCUT2D eigenvalue weighted by Crippen LogP contribution is 2.24. The normalized spacial score (nSPS) is 26.4. The Morgan fingerprint density at radius 3 is 2.77 bits per heavy atom. The first-order valence-electron chi connectivity index (χ1n) is 7.90. The zero-order valence-corrected chi connectivity index (χ0v) is 13.5. The topological polar surface area (TPSA) is 80.3 Å². The number of nitrogens with one attached hydrogen (secondary N) is 1. The van der Waals surface area contributed by atoms with Crippen molar-refractivity contribution in [2.45, 2.75) is 51.2 Å². The molecule has 0 unspecified atom stereocenters. The Bertz CT molecular complexity index is 531. The van der Waals surface area contributed by atoms with Crippen LogP contribution in [0.4, 0.5) is 0 Å². The lowest BCUT2D eigenvalue weighted by molar-refractivity contribution is -0.148. The molecule has 0 saturated carbocycles. The predicted molar refractivity (Wildman–Crippen MR) is 79.3 cm³/mol. The van der Waals surface area contributed by atoms with Gasteiger partial charge in [-0.05, 0) is 12.8 Å². The Morgan fingerprint density at radius 2 is 2.14 bits per heavy atom. The van der Waals surface area contributed by atoms with Gasteiger partial charge in [0.05, 0.1) is 13.2 Å². The highest BCUT2D eigenvalue weighted by Gasteiger charge is 2.33. The fraction of sp³-hybridized carbons (Fsp3) is 0.800. The first kappa shape index (κ1) is 15.4. The largest absolute Gasteiger partial charge is 0.368 e. The van der Waals surface area contributed by atoms with E-state index in [-0.39, 0.29) is 23.5 Å². The van der Waals surface area contributed by atoms with E-state index < -0.39 is 0 Å². The molecule has 1 aromatic rings. The van der Waals surface area contributed by atoms with Gasteiger partial charge in [0.2, 0.25) is 0 Å². The maximum atomic E-state index is 12.4. The maximum Gasteiger partial charge on any atom is 0.251 e. The third kappa shape index (κ3) is 3.15. The molecule has 2 saturated heterocycles. The Morgan fingerprint density at radius 1 is 1.32 bits per heavy atom. The van der Waals surface area contributed by atoms with Crippen molar-refractivity contribution in [2.75, 3.05) is 26.3 Å². The number of ether oxygens (including phenoxy) is 2. The van der Waals surface area contributed by atoms with Crippen molar-refractivity contribution >= 4 is 5.91 Å². The van der Waals surface area contributed by atoms with Crippen molar-refractivity contribution < 1.29 is 14.3 Å². The van der Waals surface area contributed by atoms with Gasteiger partial charge in [0, 0.05) is 18.6 Å². The Labute approximate surface area is 130 Å². The second-order valence-corrected chi connectivity index (χ2v) is 6.94. The first-order chi connectivity index (χ1) is 10.4. The molecular weight excluding hydrogens is 284 g/mol. The molecule has 22 heavy (non-hydrogen) atoms. The number of carbonyl (C=O) groups excluding carboxylic acids is 1. The monoisotopic (exact) mass is 308 g/mol. The van der Waals surface area contributed by atoms with Gasteiger partial charge in [-0.1, -0.05) is 20.8 Å². The summed E-state index contributed by atoms with van der Waals surface area (Å²) in [6.45, 7) is 8.49. The summed E-state index contributed by atoms with van der Waals surface area (Å²) in [5.74, 6) is 1.52. The summed E-state index contributed by atoms with van der Waals surface area (Å²) in [4.78, 5) is 18.8. The molecule has 3 rings (SSSR count). The maximum absolute atomic E-state index is 12.4. The van der Waals surface area contributed by atoms with E-state index in [1.807, 2.05) is 4.90 Å². The number of hydrogen-bond donors (Lipinski definition) is 1. The van der Waals surface area contributed by atoms with Crippen LogP contribution in [-0.2, 0) is 19.7 Å². The van der Waals surface area contributed by atoms with Crippen LogP contribution < -0.4 is 0 Å². The van der Waals surface area contributed by atoms with E-state index >= 15 is 0 Å². The van der Waals surface area contributed by atoms with Crippen LogP contribution in [-0.4, -0.2) is 58.4 Å². The van der Waals surface area contributed by atoms with Crippen LogP contribution in [0.5, 0.6) is 0 Å². The zero-order chi connectivity index (χ0) is 15.7. The van der Waals surface area contributed by atoms with Crippen LogP contribution in [0.15, 0.2) is 0 Å². The molecule has 7 heteroatoms. The third-order valence-corrected chi connectivity index (χ3v) is 4.06. The molecule has 0 aliphatic carbocycles. The molecular formula is C15H24N4O3. The summed E-state index contributed by atoms with van der Waals surface area (Å²) in [7, 11) is 0. The smallest absolute Gasteiger partial charge is 0.251 e. The molecule has 122 valence electrons. The third-order valence-electron chi connectivity index (χ3n) is 4.06. The molecule has 0 aromatic carbocycles. The molecule has 1 aromatic heterocycles. The molecule has 0 bridgehead atoms. The molecule has 2 aliphatic heterocycles. The molecule has 0 spiro atoms. The van der Waals surface area contributed by atoms with Crippen LogP contribution >= 0.6 is 0 Å². The molecule has 1 N–H and O–H groups in total. The van der Waals surface area contributed by atoms with Crippen LogP contribution in [0.2, 0.25) is 0 Å². The van der Waals surface area contributed by atoms with Gasteiger partial charge in [-0.15, -0.1) is 0 Å². The van der Waals surface area contributed by atoms with E-state index in [1.54, 1.807) is 0 Å². The highest BCUT2D eigenvalue weighted by molar-refractivity contribution is 5.81. The number of aromatic amines is 1. The van der Waals surface area contributed by atoms with E-state index in [4.69, 9.17) is 9.47 Å². The summed E-state index contributed by atoms with van der Waals surface area (Å²) >= 11 is 0. The second-order valence-electron chi connectivity index (χ2n) is 6.94. The Hall–Kier alpha value is -1.47. The van der Waals surface area contributed by atoms with Crippen molar-refractivity contribution in [1.82, 2.24) is 20.1 Å². The molecule has 2 atom stereocenters. The van der Waals surface area contributed by atoms with Gasteiger partial charge < -0.3 is 14.4 Å². The summed E-state index contributed by atoms with van der Waals surface area (Å²) in [6, 6.07) is 0. The van der Waals surface area contributed by atoms with Crippen molar-refractivity contribution in [1.29, 1.82) is 0 Å². The van der Waals surface area contributed by atoms with Gasteiger partial charge in [0.15, 0.2) is 11.6 Å². The SMILES string of the molecule is CC(C)(C)c1n[nH]c([C@@H]2CN(C(=O)[C@@H]3CCCO3)CCO2)n1. The fourth-order valence-corrected chi connectivity index (χ4v) is 2.74. The van der Waals surface area contributed by atoms with Gasteiger partial charge in [-0.2, -0.15) is 5.10 Å². The van der Waals surface area contributed by atoms with Crippen molar-refractivity contribution in [3.8, 4) is 0 Å². The number of carbonyl (C=O) groups is 1. The van der Waals surface area contributed by atoms with Crippen molar-refractivity contribution in [2.24, 2.45) is 0 Å². The van der Waals surface area contributed by atoms with Gasteiger partial charge in [-0.25, -0.2) is 4.98 Å². The van der Waals surface area contributed by atoms with Crippen LogP contribution in [0.25, 0.3) is 0 Å². The van der Waals surface area contributed by atoms with Crippen LogP contribution in [0.3, 0.4) is 0 Å². The van der Waals surface area contributed by atoms with Crippen LogP contribution in [0, 0.1) is 0 Å². The minimum atomic E-state index is -0.279. The number of morpholine rings is 1. The minimum absolute atomic E-state index is 0.0707. The average molecular weight is 308 g/mol. The molecule has 1 amide bonds. The lowest BCUT2D eigenvalue weighted by Crippen LogP contribution is -2.46. The number of aromatic nitrogens is 3. The Balaban J connectivity index is 1.67. The molecule has 2 fully saturated rings. The molecule has 7 nitrogen and oxygen atoms in total. The first-order valence-corrected chi connectivity index (χ1v) is 7.90. The number of H-pyrrole nitrogens is 1. The van der Waals surface area contributed by atoms with Crippen molar-refractivity contribution in [3.05, 3.63) is 11.6 Å². The van der Waals surface area contributed by atoms with Gasteiger partial charge in [0.25, 0.3) is 5.91 Å². The quantitative estimate of drug-likeness (QED) is 0.887. The van der Waals surface area contributed by atoms with E-state index in [1.165, 1.54) is 0 Å². The second kappa shape index (κ2) is 5.96. The Kier molecular flexibility index (Phi) is 4.18. The van der Waals surface area contributed by atoms with Crippen LogP contribution in [0.1, 0.15) is 51.4 Å². The standard InChI is InChI=1S/C15H24N4O3/c1-15(2,3)14-16-12(17-18-14)11-9-19(6-8-22-11)13(20)10-5-4-7-21-10/h10-11H,4-9H2,1-3H3,(H,16,17,18)/t10-,11-/m0/s1. The lowest BCUT2D eigenvalue weighted by atomic mass is 9.96. The van der Waals surface area contributed by atoms with Crippen molar-refractivity contribution in [3.63, 3.8) is 0 Å². The fourth-order valence-electron chi connectivity index (χ4n) is 2.74. The molecule has 2 aliphatic rings. The van der Waals surface area contributed by atoms with E-state index in [0.717, 1.165) is 18.7 Å². The van der Waals surface area contributed by atoms with Gasteiger partial charge in [0.1, 0.15) is 12.2 Å². The number of nitrogens with zero attached hydrogens (tertiary/aromatic N) is 3. The number of amides is 1. The van der Waals surface area contributed by atoms with Gasteiger partial charge in [-0.3, -0.25) is 9.89 Å². The van der Waals surface area contributed by atoms with E-state index in [0.29, 0.717) is 32.1 Å². The number of rotatable bonds is 2. The highest BCUT2D eigenvalue weighted by atomic mass is 16.5. The average Bonchev–Trinajstić information content (AvgIpc) is 3.17.